The Hall–Kier alpha value is -3.32. The van der Waals surface area contributed by atoms with Gasteiger partial charge in [0.15, 0.2) is 16.6 Å². The molecule has 3 aromatic rings. The fourth-order valence-corrected chi connectivity index (χ4v) is 5.06. The molecule has 7 heteroatoms. The molecule has 1 heterocycles. The second-order valence-electron chi connectivity index (χ2n) is 8.72. The number of hydrogen-bond donors (Lipinski definition) is 1. The summed E-state index contributed by atoms with van der Waals surface area (Å²) in [6, 6.07) is 16.3. The number of hydrogen-bond acceptors (Lipinski definition) is 4. The Morgan fingerprint density at radius 3 is 2.25 bits per heavy atom. The molecule has 1 N–H and O–H groups in total. The average Bonchev–Trinajstić information content (AvgIpc) is 2.91. The van der Waals surface area contributed by atoms with Gasteiger partial charge in [0.2, 0.25) is 0 Å². The first-order valence-electron chi connectivity index (χ1n) is 12.3. The molecule has 0 saturated carbocycles. The molecule has 0 aromatic heterocycles. The number of ether oxygens (including phenoxy) is 3. The van der Waals surface area contributed by atoms with Crippen LogP contribution in [0, 0.1) is 5.82 Å². The van der Waals surface area contributed by atoms with E-state index in [1.54, 1.807) is 26.4 Å². The van der Waals surface area contributed by atoms with E-state index in [0.29, 0.717) is 29.0 Å². The van der Waals surface area contributed by atoms with Gasteiger partial charge >= 0.3 is 0 Å². The second-order valence-corrected chi connectivity index (χ2v) is 9.11. The first-order chi connectivity index (χ1) is 17.5. The Labute approximate surface area is 218 Å². The van der Waals surface area contributed by atoms with Crippen molar-refractivity contribution in [2.45, 2.75) is 39.2 Å². The quantitative estimate of drug-likeness (QED) is 0.358. The molecule has 1 aliphatic heterocycles. The number of anilines is 1. The van der Waals surface area contributed by atoms with Crippen LogP contribution in [0.15, 0.2) is 54.6 Å². The highest BCUT2D eigenvalue weighted by Gasteiger charge is 2.32. The van der Waals surface area contributed by atoms with E-state index in [1.165, 1.54) is 28.8 Å². The summed E-state index contributed by atoms with van der Waals surface area (Å²) in [6.07, 6.45) is 2.63. The fourth-order valence-electron chi connectivity index (χ4n) is 4.74. The van der Waals surface area contributed by atoms with E-state index in [9.17, 15) is 4.39 Å². The monoisotopic (exact) mass is 508 g/mol. The average molecular weight is 509 g/mol. The van der Waals surface area contributed by atoms with Gasteiger partial charge in [-0.3, -0.25) is 0 Å². The van der Waals surface area contributed by atoms with Crippen LogP contribution in [0.4, 0.5) is 10.1 Å². The SMILES string of the molecule is CCc1cccc(CC)c1NC(=S)N1CCc2cc(OC)c(OC)cc2C1COc1ccc(F)cc1. The lowest BCUT2D eigenvalue weighted by molar-refractivity contribution is 0.190. The minimum Gasteiger partial charge on any atom is -0.493 e. The Morgan fingerprint density at radius 1 is 1.00 bits per heavy atom. The Bertz CT molecular complexity index is 1190. The van der Waals surface area contributed by atoms with Crippen molar-refractivity contribution in [3.63, 3.8) is 0 Å². The van der Waals surface area contributed by atoms with Gasteiger partial charge in [-0.2, -0.15) is 0 Å². The van der Waals surface area contributed by atoms with Crippen LogP contribution in [-0.4, -0.2) is 37.4 Å². The summed E-state index contributed by atoms with van der Waals surface area (Å²) in [4.78, 5) is 2.18. The van der Waals surface area contributed by atoms with Crippen LogP contribution >= 0.6 is 12.2 Å². The predicted molar refractivity (Wildman–Crippen MR) is 146 cm³/mol. The normalized spacial score (nSPS) is 14.7. The van der Waals surface area contributed by atoms with Crippen molar-refractivity contribution >= 4 is 23.0 Å². The molecule has 0 aliphatic carbocycles. The zero-order chi connectivity index (χ0) is 25.7. The highest BCUT2D eigenvalue weighted by Crippen LogP contribution is 2.39. The van der Waals surface area contributed by atoms with Crippen LogP contribution in [0.25, 0.3) is 0 Å². The molecule has 0 spiro atoms. The van der Waals surface area contributed by atoms with E-state index < -0.39 is 0 Å². The number of halogens is 1. The van der Waals surface area contributed by atoms with Crippen LogP contribution in [0.3, 0.4) is 0 Å². The molecule has 0 radical (unpaired) electrons. The third-order valence-corrected chi connectivity index (χ3v) is 7.05. The Morgan fingerprint density at radius 2 is 1.64 bits per heavy atom. The third-order valence-electron chi connectivity index (χ3n) is 6.72. The van der Waals surface area contributed by atoms with Crippen LogP contribution < -0.4 is 19.5 Å². The van der Waals surface area contributed by atoms with Gasteiger partial charge in [0.25, 0.3) is 0 Å². The number of methoxy groups -OCH3 is 2. The number of thiocarbonyl (C=S) groups is 1. The number of nitrogens with zero attached hydrogens (tertiary/aromatic N) is 1. The molecule has 0 bridgehead atoms. The van der Waals surface area contributed by atoms with Gasteiger partial charge in [-0.25, -0.2) is 4.39 Å². The molecule has 5 nitrogen and oxygen atoms in total. The van der Waals surface area contributed by atoms with Crippen molar-refractivity contribution in [2.75, 3.05) is 32.7 Å². The van der Waals surface area contributed by atoms with Crippen molar-refractivity contribution in [1.82, 2.24) is 4.90 Å². The van der Waals surface area contributed by atoms with E-state index in [4.69, 9.17) is 26.4 Å². The number of aryl methyl sites for hydroxylation is 2. The van der Waals surface area contributed by atoms with Crippen LogP contribution in [0.2, 0.25) is 0 Å². The molecule has 0 fully saturated rings. The van der Waals surface area contributed by atoms with E-state index in [1.807, 2.05) is 12.1 Å². The van der Waals surface area contributed by atoms with Gasteiger partial charge < -0.3 is 24.4 Å². The standard InChI is InChI=1S/C29H33FN2O3S/c1-5-19-8-7-9-20(6-2)28(19)31-29(36)32-15-14-21-16-26(33-3)27(34-4)17-24(21)25(32)18-35-23-12-10-22(30)11-13-23/h7-13,16-17,25H,5-6,14-15,18H2,1-4H3,(H,31,36). The van der Waals surface area contributed by atoms with Gasteiger partial charge in [-0.05, 0) is 90.1 Å². The van der Waals surface area contributed by atoms with E-state index in [0.717, 1.165) is 37.1 Å². The number of para-hydroxylation sites is 1. The lowest BCUT2D eigenvalue weighted by Crippen LogP contribution is -2.44. The minimum absolute atomic E-state index is 0.169. The third kappa shape index (κ3) is 5.41. The summed E-state index contributed by atoms with van der Waals surface area (Å²) >= 11 is 5.99. The summed E-state index contributed by atoms with van der Waals surface area (Å²) < 4.78 is 30.7. The van der Waals surface area contributed by atoms with Crippen LogP contribution in [0.1, 0.15) is 42.1 Å². The maximum atomic E-state index is 13.4. The number of fused-ring (bicyclic) bond motifs is 1. The summed E-state index contributed by atoms with van der Waals surface area (Å²) in [7, 11) is 3.28. The summed E-state index contributed by atoms with van der Waals surface area (Å²) in [5, 5.41) is 4.22. The molecular weight excluding hydrogens is 475 g/mol. The summed E-state index contributed by atoms with van der Waals surface area (Å²) in [5.74, 6) is 1.67. The van der Waals surface area contributed by atoms with Gasteiger partial charge in [-0.1, -0.05) is 32.0 Å². The Kier molecular flexibility index (Phi) is 8.31. The molecule has 190 valence electrons. The largest absolute Gasteiger partial charge is 0.493 e. The zero-order valence-electron chi connectivity index (χ0n) is 21.3. The number of benzene rings is 3. The molecule has 36 heavy (non-hydrogen) atoms. The fraction of sp³-hybridized carbons (Fsp3) is 0.345. The molecular formula is C29H33FN2O3S. The lowest BCUT2D eigenvalue weighted by Gasteiger charge is -2.39. The second kappa shape index (κ2) is 11.6. The summed E-state index contributed by atoms with van der Waals surface area (Å²) in [5.41, 5.74) is 5.80. The first-order valence-corrected chi connectivity index (χ1v) is 12.7. The first kappa shape index (κ1) is 25.8. The van der Waals surface area contributed by atoms with Crippen LogP contribution in [-0.2, 0) is 19.3 Å². The van der Waals surface area contributed by atoms with Crippen molar-refractivity contribution in [3.8, 4) is 17.2 Å². The van der Waals surface area contributed by atoms with Gasteiger partial charge in [-0.15, -0.1) is 0 Å². The maximum Gasteiger partial charge on any atom is 0.174 e. The summed E-state index contributed by atoms with van der Waals surface area (Å²) in [6.45, 7) is 5.37. The minimum atomic E-state index is -0.296. The number of nitrogens with one attached hydrogen (secondary N) is 1. The molecule has 3 aromatic carbocycles. The molecule has 1 unspecified atom stereocenters. The van der Waals surface area contributed by atoms with Crippen molar-refractivity contribution in [1.29, 1.82) is 0 Å². The topological polar surface area (TPSA) is 43.0 Å². The smallest absolute Gasteiger partial charge is 0.174 e. The van der Waals surface area contributed by atoms with E-state index in [-0.39, 0.29) is 11.9 Å². The molecule has 4 rings (SSSR count). The maximum absolute atomic E-state index is 13.4. The molecule has 1 aliphatic rings. The molecule has 1 atom stereocenters. The number of rotatable bonds is 8. The lowest BCUT2D eigenvalue weighted by atomic mass is 9.92. The highest BCUT2D eigenvalue weighted by atomic mass is 32.1. The van der Waals surface area contributed by atoms with Crippen molar-refractivity contribution in [3.05, 3.63) is 82.7 Å². The van der Waals surface area contributed by atoms with E-state index in [2.05, 4.69) is 42.3 Å². The highest BCUT2D eigenvalue weighted by molar-refractivity contribution is 7.80. The zero-order valence-corrected chi connectivity index (χ0v) is 22.1. The van der Waals surface area contributed by atoms with E-state index >= 15 is 0 Å². The molecule has 0 saturated heterocycles. The van der Waals surface area contributed by atoms with Gasteiger partial charge in [0, 0.05) is 12.2 Å². The Balaban J connectivity index is 1.68. The van der Waals surface area contributed by atoms with Crippen molar-refractivity contribution < 1.29 is 18.6 Å². The van der Waals surface area contributed by atoms with Crippen LogP contribution in [0.5, 0.6) is 17.2 Å². The predicted octanol–water partition coefficient (Wildman–Crippen LogP) is 6.34. The van der Waals surface area contributed by atoms with Gasteiger partial charge in [0.05, 0.1) is 20.3 Å². The molecule has 0 amide bonds. The van der Waals surface area contributed by atoms with Crippen molar-refractivity contribution in [2.24, 2.45) is 0 Å². The van der Waals surface area contributed by atoms with Gasteiger partial charge in [0.1, 0.15) is 18.2 Å².